The van der Waals surface area contributed by atoms with Crippen LogP contribution in [-0.4, -0.2) is 39.6 Å². The van der Waals surface area contributed by atoms with E-state index in [1.807, 2.05) is 19.0 Å². The van der Waals surface area contributed by atoms with Crippen LogP contribution in [0, 0.1) is 12.7 Å². The van der Waals surface area contributed by atoms with Crippen LogP contribution in [0.15, 0.2) is 23.0 Å². The molecule has 4 heterocycles. The summed E-state index contributed by atoms with van der Waals surface area (Å²) in [4.78, 5) is 32.5. The van der Waals surface area contributed by atoms with E-state index in [1.54, 1.807) is 30.5 Å². The Labute approximate surface area is 184 Å². The average molecular weight is 437 g/mol. The summed E-state index contributed by atoms with van der Waals surface area (Å²) in [6.45, 7) is 4.13. The molecule has 1 atom stereocenters. The minimum absolute atomic E-state index is 0.0795. The lowest BCUT2D eigenvalue weighted by atomic mass is 9.86. The maximum atomic E-state index is 14.4. The summed E-state index contributed by atoms with van der Waals surface area (Å²) >= 11 is 0. The van der Waals surface area contributed by atoms with Crippen molar-refractivity contribution in [1.29, 1.82) is 0 Å². The van der Waals surface area contributed by atoms with E-state index in [2.05, 4.69) is 0 Å². The molecule has 3 aromatic rings. The van der Waals surface area contributed by atoms with Crippen LogP contribution in [0.5, 0.6) is 0 Å². The van der Waals surface area contributed by atoms with E-state index >= 15 is 0 Å². The zero-order valence-electron chi connectivity index (χ0n) is 18.5. The second-order valence-electron chi connectivity index (χ2n) is 8.88. The number of aliphatic hydroxyl groups is 1. The number of nitrogens with zero attached hydrogens (tertiary/aromatic N) is 3. The third kappa shape index (κ3) is 2.76. The molecule has 2 aliphatic heterocycles. The van der Waals surface area contributed by atoms with Crippen molar-refractivity contribution in [3.8, 4) is 11.4 Å². The van der Waals surface area contributed by atoms with Gasteiger partial charge < -0.3 is 19.3 Å². The van der Waals surface area contributed by atoms with E-state index in [4.69, 9.17) is 9.72 Å². The Hall–Kier alpha value is -3.10. The molecule has 0 radical (unpaired) electrons. The molecule has 1 N–H and O–H groups in total. The van der Waals surface area contributed by atoms with Gasteiger partial charge in [-0.05, 0) is 50.7 Å². The van der Waals surface area contributed by atoms with Crippen molar-refractivity contribution in [3.05, 3.63) is 62.2 Å². The van der Waals surface area contributed by atoms with Crippen molar-refractivity contribution in [1.82, 2.24) is 14.5 Å². The molecule has 1 aromatic carbocycles. The Morgan fingerprint density at radius 2 is 2.00 bits per heavy atom. The zero-order valence-corrected chi connectivity index (χ0v) is 18.5. The van der Waals surface area contributed by atoms with Crippen LogP contribution < -0.4 is 5.56 Å². The number of ether oxygens (including phenoxy) is 1. The van der Waals surface area contributed by atoms with Gasteiger partial charge in [0.25, 0.3) is 5.56 Å². The Morgan fingerprint density at radius 1 is 1.25 bits per heavy atom. The largest absolute Gasteiger partial charge is 0.458 e. The molecular formula is C24H24FN3O4. The summed E-state index contributed by atoms with van der Waals surface area (Å²) in [6, 6.07) is 4.90. The van der Waals surface area contributed by atoms with Crippen molar-refractivity contribution in [2.45, 2.75) is 45.6 Å². The van der Waals surface area contributed by atoms with Gasteiger partial charge in [0.1, 0.15) is 12.4 Å². The molecule has 0 spiro atoms. The van der Waals surface area contributed by atoms with E-state index in [1.165, 1.54) is 6.07 Å². The van der Waals surface area contributed by atoms with Crippen molar-refractivity contribution < 1.29 is 19.0 Å². The van der Waals surface area contributed by atoms with Crippen LogP contribution in [0.2, 0.25) is 0 Å². The third-order valence-corrected chi connectivity index (χ3v) is 6.56. The number of fused-ring (bicyclic) bond motifs is 5. The highest BCUT2D eigenvalue weighted by molar-refractivity contribution is 5.89. The lowest BCUT2D eigenvalue weighted by Gasteiger charge is -2.31. The van der Waals surface area contributed by atoms with Gasteiger partial charge in [0.05, 0.1) is 29.0 Å². The first-order valence-electron chi connectivity index (χ1n) is 10.6. The number of hydrogen-bond donors (Lipinski definition) is 1. The molecule has 0 fully saturated rings. The fraction of sp³-hybridized carbons (Fsp3) is 0.375. The second-order valence-corrected chi connectivity index (χ2v) is 8.88. The van der Waals surface area contributed by atoms with Gasteiger partial charge in [-0.2, -0.15) is 0 Å². The van der Waals surface area contributed by atoms with Gasteiger partial charge in [-0.15, -0.1) is 0 Å². The van der Waals surface area contributed by atoms with Crippen molar-refractivity contribution in [2.75, 3.05) is 14.1 Å². The molecule has 0 unspecified atom stereocenters. The first-order chi connectivity index (χ1) is 15.2. The van der Waals surface area contributed by atoms with Crippen molar-refractivity contribution in [2.24, 2.45) is 0 Å². The quantitative estimate of drug-likeness (QED) is 0.496. The van der Waals surface area contributed by atoms with Gasteiger partial charge in [0.2, 0.25) is 0 Å². The van der Waals surface area contributed by atoms with E-state index in [0.29, 0.717) is 35.6 Å². The first kappa shape index (κ1) is 20.8. The summed E-state index contributed by atoms with van der Waals surface area (Å²) in [7, 11) is 3.90. The third-order valence-electron chi connectivity index (χ3n) is 6.56. The van der Waals surface area contributed by atoms with Crippen LogP contribution in [0.3, 0.4) is 0 Å². The molecular weight excluding hydrogens is 413 g/mol. The Kier molecular flexibility index (Phi) is 4.51. The first-order valence-corrected chi connectivity index (χ1v) is 10.6. The number of benzene rings is 1. The predicted octanol–water partition coefficient (Wildman–Crippen LogP) is 2.59. The summed E-state index contributed by atoms with van der Waals surface area (Å²) < 4.78 is 21.1. The number of carbonyl (C=O) groups excluding carboxylic acids is 1. The fourth-order valence-corrected chi connectivity index (χ4v) is 4.79. The summed E-state index contributed by atoms with van der Waals surface area (Å²) in [5.74, 6) is -1.10. The van der Waals surface area contributed by atoms with Crippen molar-refractivity contribution in [3.63, 3.8) is 0 Å². The molecule has 166 valence electrons. The minimum Gasteiger partial charge on any atom is -0.458 e. The highest BCUT2D eigenvalue weighted by atomic mass is 19.1. The Balaban J connectivity index is 1.84. The molecule has 0 bridgehead atoms. The number of carbonyl (C=O) groups is 1. The smallest absolute Gasteiger partial charge is 0.343 e. The summed E-state index contributed by atoms with van der Waals surface area (Å²) in [6.07, 6.45) is 0.0795. The van der Waals surface area contributed by atoms with E-state index < -0.39 is 11.6 Å². The maximum Gasteiger partial charge on any atom is 0.343 e. The van der Waals surface area contributed by atoms with Crippen LogP contribution in [0.1, 0.15) is 41.2 Å². The van der Waals surface area contributed by atoms with Gasteiger partial charge in [0.15, 0.2) is 5.60 Å². The van der Waals surface area contributed by atoms with Gasteiger partial charge in [0, 0.05) is 29.1 Å². The molecule has 0 aliphatic carbocycles. The highest BCUT2D eigenvalue weighted by Crippen LogP contribution is 2.40. The fourth-order valence-electron chi connectivity index (χ4n) is 4.79. The van der Waals surface area contributed by atoms with E-state index in [-0.39, 0.29) is 35.5 Å². The number of esters is 1. The number of halogens is 1. The monoisotopic (exact) mass is 437 g/mol. The molecule has 2 aliphatic rings. The minimum atomic E-state index is -1.88. The van der Waals surface area contributed by atoms with Crippen LogP contribution in [0.25, 0.3) is 22.3 Å². The van der Waals surface area contributed by atoms with Crippen molar-refractivity contribution >= 4 is 16.9 Å². The van der Waals surface area contributed by atoms with E-state index in [0.717, 1.165) is 16.5 Å². The lowest BCUT2D eigenvalue weighted by molar-refractivity contribution is -0.172. The van der Waals surface area contributed by atoms with Crippen LogP contribution in [-0.2, 0) is 34.8 Å². The van der Waals surface area contributed by atoms with Gasteiger partial charge in [-0.3, -0.25) is 4.79 Å². The van der Waals surface area contributed by atoms with Gasteiger partial charge in [-0.1, -0.05) is 6.92 Å². The second kappa shape index (κ2) is 6.95. The van der Waals surface area contributed by atoms with Crippen LogP contribution in [0.4, 0.5) is 4.39 Å². The van der Waals surface area contributed by atoms with Gasteiger partial charge in [-0.25, -0.2) is 14.2 Å². The molecule has 5 rings (SSSR count). The molecule has 0 saturated heterocycles. The number of cyclic esters (lactones) is 1. The number of rotatable bonds is 3. The number of aryl methyl sites for hydroxylation is 1. The molecule has 7 nitrogen and oxygen atoms in total. The summed E-state index contributed by atoms with van der Waals surface area (Å²) in [5.41, 5.74) is 2.38. The molecule has 2 aromatic heterocycles. The molecule has 0 amide bonds. The number of pyridine rings is 2. The Bertz CT molecular complexity index is 1380. The normalized spacial score (nSPS) is 19.2. The maximum absolute atomic E-state index is 14.4. The number of aromatic nitrogens is 2. The standard InChI is InChI=1S/C24H24FN3O4/c1-5-24(31)17-7-20-21-15(10-28(20)22(29)16(17)11-32-23(24)30)14(9-27(3)4)13-6-12(2)18(25)8-19(13)26-21/h6-8,31H,5,9-11H2,1-4H3/t24-/m0/s1. The van der Waals surface area contributed by atoms with Gasteiger partial charge >= 0.3 is 5.97 Å². The number of hydrogen-bond acceptors (Lipinski definition) is 6. The Morgan fingerprint density at radius 3 is 2.69 bits per heavy atom. The molecule has 32 heavy (non-hydrogen) atoms. The summed E-state index contributed by atoms with van der Waals surface area (Å²) in [5, 5.41) is 11.9. The van der Waals surface area contributed by atoms with E-state index in [9.17, 15) is 19.1 Å². The lowest BCUT2D eigenvalue weighted by Crippen LogP contribution is -2.44. The predicted molar refractivity (Wildman–Crippen MR) is 117 cm³/mol. The van der Waals surface area contributed by atoms with Crippen LogP contribution >= 0.6 is 0 Å². The average Bonchev–Trinajstić information content (AvgIpc) is 3.11. The highest BCUT2D eigenvalue weighted by Gasteiger charge is 2.45. The molecule has 8 heteroatoms. The zero-order chi connectivity index (χ0) is 22.9. The molecule has 0 saturated carbocycles. The topological polar surface area (TPSA) is 84.7 Å². The SMILES string of the molecule is CC[C@@]1(O)C(=O)OCc2c1cc1n(c2=O)Cc2c-1nc1cc(F)c(C)cc1c2CN(C)C.